The molecule has 0 aliphatic heterocycles. The van der Waals surface area contributed by atoms with Gasteiger partial charge in [0.15, 0.2) is 18.1 Å². The Morgan fingerprint density at radius 1 is 1.19 bits per heavy atom. The predicted molar refractivity (Wildman–Crippen MR) is 95.3 cm³/mol. The average molecular weight is 362 g/mol. The van der Waals surface area contributed by atoms with Gasteiger partial charge < -0.3 is 18.8 Å². The van der Waals surface area contributed by atoms with Gasteiger partial charge in [0, 0.05) is 36.7 Å². The Bertz CT molecular complexity index is 812. The SMILES string of the molecule is COCCn1c(C)cc(C(=O)COc2ccc([N+](=O)[O-])cc2OC)c1C. The van der Waals surface area contributed by atoms with Crippen molar-refractivity contribution in [3.63, 3.8) is 0 Å². The van der Waals surface area contributed by atoms with Gasteiger partial charge in [-0.1, -0.05) is 0 Å². The van der Waals surface area contributed by atoms with E-state index in [4.69, 9.17) is 14.2 Å². The first-order valence-electron chi connectivity index (χ1n) is 8.03. The number of rotatable bonds is 9. The molecule has 0 radical (unpaired) electrons. The molecule has 0 fully saturated rings. The van der Waals surface area contributed by atoms with Crippen LogP contribution >= 0.6 is 0 Å². The third-order valence-corrected chi connectivity index (χ3v) is 4.11. The molecule has 140 valence electrons. The van der Waals surface area contributed by atoms with Crippen LogP contribution < -0.4 is 9.47 Å². The molecule has 8 heteroatoms. The number of carbonyl (C=O) groups excluding carboxylic acids is 1. The second-order valence-corrected chi connectivity index (χ2v) is 5.73. The first kappa shape index (κ1) is 19.5. The Kier molecular flexibility index (Phi) is 6.35. The molecule has 0 aliphatic rings. The number of aromatic nitrogens is 1. The van der Waals surface area contributed by atoms with E-state index in [-0.39, 0.29) is 29.6 Å². The largest absolute Gasteiger partial charge is 0.493 e. The number of ketones is 1. The number of nitro benzene ring substituents is 1. The molecule has 26 heavy (non-hydrogen) atoms. The number of nitrogens with zero attached hydrogens (tertiary/aromatic N) is 2. The third-order valence-electron chi connectivity index (χ3n) is 4.11. The Labute approximate surface area is 151 Å². The molecule has 1 heterocycles. The summed E-state index contributed by atoms with van der Waals surface area (Å²) in [6.45, 7) is 4.84. The Morgan fingerprint density at radius 3 is 2.54 bits per heavy atom. The fourth-order valence-corrected chi connectivity index (χ4v) is 2.72. The van der Waals surface area contributed by atoms with Crippen molar-refractivity contribution < 1.29 is 23.9 Å². The van der Waals surface area contributed by atoms with E-state index >= 15 is 0 Å². The number of hydrogen-bond acceptors (Lipinski definition) is 6. The topological polar surface area (TPSA) is 92.8 Å². The van der Waals surface area contributed by atoms with Gasteiger partial charge in [0.05, 0.1) is 24.7 Å². The van der Waals surface area contributed by atoms with Crippen molar-refractivity contribution in [2.24, 2.45) is 0 Å². The summed E-state index contributed by atoms with van der Waals surface area (Å²) < 4.78 is 17.7. The molecule has 0 spiro atoms. The van der Waals surface area contributed by atoms with Gasteiger partial charge in [0.2, 0.25) is 5.78 Å². The number of Topliss-reactive ketones (excluding diaryl/α,β-unsaturated/α-hetero) is 1. The monoisotopic (exact) mass is 362 g/mol. The molecular weight excluding hydrogens is 340 g/mol. The van der Waals surface area contributed by atoms with Gasteiger partial charge >= 0.3 is 0 Å². The molecule has 8 nitrogen and oxygen atoms in total. The van der Waals surface area contributed by atoms with Crippen molar-refractivity contribution in [3.05, 3.63) is 51.3 Å². The fourth-order valence-electron chi connectivity index (χ4n) is 2.72. The Hall–Kier alpha value is -2.87. The summed E-state index contributed by atoms with van der Waals surface area (Å²) in [5.74, 6) is 0.305. The van der Waals surface area contributed by atoms with Crippen LogP contribution in [0.25, 0.3) is 0 Å². The summed E-state index contributed by atoms with van der Waals surface area (Å²) in [5, 5.41) is 10.8. The lowest BCUT2D eigenvalue weighted by atomic mass is 10.1. The van der Waals surface area contributed by atoms with Crippen molar-refractivity contribution in [1.29, 1.82) is 0 Å². The summed E-state index contributed by atoms with van der Waals surface area (Å²) >= 11 is 0. The molecule has 0 saturated heterocycles. The molecule has 0 bridgehead atoms. The van der Waals surface area contributed by atoms with E-state index in [0.717, 1.165) is 11.4 Å². The minimum absolute atomic E-state index is 0.109. The zero-order chi connectivity index (χ0) is 19.3. The zero-order valence-corrected chi connectivity index (χ0v) is 15.3. The molecule has 0 amide bonds. The van der Waals surface area contributed by atoms with Crippen LogP contribution in [0.15, 0.2) is 24.3 Å². The summed E-state index contributed by atoms with van der Waals surface area (Å²) in [7, 11) is 3.02. The van der Waals surface area contributed by atoms with Gasteiger partial charge in [-0.2, -0.15) is 0 Å². The van der Waals surface area contributed by atoms with Gasteiger partial charge in [-0.25, -0.2) is 0 Å². The van der Waals surface area contributed by atoms with Crippen molar-refractivity contribution in [2.45, 2.75) is 20.4 Å². The number of hydrogen-bond donors (Lipinski definition) is 0. The quantitative estimate of drug-likeness (QED) is 0.387. The maximum absolute atomic E-state index is 12.5. The maximum Gasteiger partial charge on any atom is 0.273 e. The highest BCUT2D eigenvalue weighted by Gasteiger charge is 2.18. The van der Waals surface area contributed by atoms with Crippen LogP contribution in [0.1, 0.15) is 21.7 Å². The number of carbonyl (C=O) groups is 1. The first-order valence-corrected chi connectivity index (χ1v) is 8.03. The van der Waals surface area contributed by atoms with Crippen LogP contribution in [-0.2, 0) is 11.3 Å². The van der Waals surface area contributed by atoms with Gasteiger partial charge in [-0.3, -0.25) is 14.9 Å². The van der Waals surface area contributed by atoms with E-state index < -0.39 is 4.92 Å². The van der Waals surface area contributed by atoms with Gasteiger partial charge in [0.1, 0.15) is 0 Å². The molecule has 2 aromatic rings. The van der Waals surface area contributed by atoms with Crippen molar-refractivity contribution in [2.75, 3.05) is 27.4 Å². The number of benzene rings is 1. The summed E-state index contributed by atoms with van der Waals surface area (Å²) in [4.78, 5) is 22.8. The van der Waals surface area contributed by atoms with E-state index in [0.29, 0.717) is 18.7 Å². The molecule has 0 aliphatic carbocycles. The summed E-state index contributed by atoms with van der Waals surface area (Å²) in [6.07, 6.45) is 0. The Morgan fingerprint density at radius 2 is 1.92 bits per heavy atom. The standard InChI is InChI=1S/C18H22N2O6/c1-12-9-15(13(2)19(12)7-8-24-3)16(21)11-26-17-6-5-14(20(22)23)10-18(17)25-4/h5-6,9-10H,7-8,11H2,1-4H3. The van der Waals surface area contributed by atoms with Crippen LogP contribution in [0.5, 0.6) is 11.5 Å². The summed E-state index contributed by atoms with van der Waals surface area (Å²) in [5.41, 5.74) is 2.29. The number of non-ortho nitro benzene ring substituents is 1. The van der Waals surface area contributed by atoms with Crippen molar-refractivity contribution in [1.82, 2.24) is 4.57 Å². The lowest BCUT2D eigenvalue weighted by Gasteiger charge is -2.11. The molecule has 0 saturated carbocycles. The van der Waals surface area contributed by atoms with E-state index in [9.17, 15) is 14.9 Å². The van der Waals surface area contributed by atoms with Gasteiger partial charge in [-0.15, -0.1) is 0 Å². The second-order valence-electron chi connectivity index (χ2n) is 5.73. The highest BCUT2D eigenvalue weighted by atomic mass is 16.6. The van der Waals surface area contributed by atoms with Crippen molar-refractivity contribution in [3.8, 4) is 11.5 Å². The molecular formula is C18H22N2O6. The van der Waals surface area contributed by atoms with Gasteiger partial charge in [-0.05, 0) is 26.0 Å². The smallest absolute Gasteiger partial charge is 0.273 e. The van der Waals surface area contributed by atoms with Crippen LogP contribution in [0.4, 0.5) is 5.69 Å². The van der Waals surface area contributed by atoms with Crippen LogP contribution in [-0.4, -0.2) is 42.7 Å². The number of nitro groups is 1. The lowest BCUT2D eigenvalue weighted by Crippen LogP contribution is -2.14. The number of methoxy groups -OCH3 is 2. The minimum atomic E-state index is -0.522. The lowest BCUT2D eigenvalue weighted by molar-refractivity contribution is -0.384. The summed E-state index contributed by atoms with van der Waals surface area (Å²) in [6, 6.07) is 5.81. The highest BCUT2D eigenvalue weighted by molar-refractivity contribution is 5.98. The van der Waals surface area contributed by atoms with Crippen LogP contribution in [0.2, 0.25) is 0 Å². The Balaban J connectivity index is 2.13. The highest BCUT2D eigenvalue weighted by Crippen LogP contribution is 2.31. The number of aryl methyl sites for hydroxylation is 1. The van der Waals surface area contributed by atoms with E-state index in [1.807, 2.05) is 24.5 Å². The molecule has 0 atom stereocenters. The van der Waals surface area contributed by atoms with Crippen molar-refractivity contribution >= 4 is 11.5 Å². The average Bonchev–Trinajstić information content (AvgIpc) is 2.91. The van der Waals surface area contributed by atoms with E-state index in [1.54, 1.807) is 7.11 Å². The molecule has 0 unspecified atom stereocenters. The predicted octanol–water partition coefficient (Wildman–Crippen LogP) is 2.93. The normalized spacial score (nSPS) is 10.6. The number of ether oxygens (including phenoxy) is 3. The molecule has 2 rings (SSSR count). The first-order chi connectivity index (χ1) is 12.4. The maximum atomic E-state index is 12.5. The van der Waals surface area contributed by atoms with E-state index in [2.05, 4.69) is 0 Å². The zero-order valence-electron chi connectivity index (χ0n) is 15.3. The van der Waals surface area contributed by atoms with Gasteiger partial charge in [0.25, 0.3) is 5.69 Å². The van der Waals surface area contributed by atoms with Crippen LogP contribution in [0.3, 0.4) is 0 Å². The molecule has 0 N–H and O–H groups in total. The third kappa shape index (κ3) is 4.20. The minimum Gasteiger partial charge on any atom is -0.493 e. The molecule has 1 aromatic carbocycles. The molecule has 1 aromatic heterocycles. The van der Waals surface area contributed by atoms with Crippen LogP contribution in [0, 0.1) is 24.0 Å². The second kappa shape index (κ2) is 8.48. The van der Waals surface area contributed by atoms with E-state index in [1.165, 1.54) is 25.3 Å². The fraction of sp³-hybridized carbons (Fsp3) is 0.389.